The van der Waals surface area contributed by atoms with Crippen LogP contribution in [0.3, 0.4) is 0 Å². The molecule has 0 aliphatic carbocycles. The van der Waals surface area contributed by atoms with Crippen LogP contribution in [0.4, 0.5) is 4.39 Å². The second-order valence-corrected chi connectivity index (χ2v) is 9.61. The fraction of sp³-hybridized carbons (Fsp3) is 0.391. The molecular formula is C23H28ClFN2O2S. The number of nitrogens with zero attached hydrogens (tertiary/aromatic N) is 1. The van der Waals surface area contributed by atoms with Crippen LogP contribution in [0.2, 0.25) is 5.02 Å². The molecule has 0 aromatic heterocycles. The minimum absolute atomic E-state index is 0.140. The Labute approximate surface area is 187 Å². The predicted molar refractivity (Wildman–Crippen MR) is 122 cm³/mol. The maximum absolute atomic E-state index is 13.0. The Kier molecular flexibility index (Phi) is 8.74. The smallest absolute Gasteiger partial charge is 0.242 e. The molecule has 0 aliphatic heterocycles. The molecule has 1 atom stereocenters. The number of benzene rings is 2. The van der Waals surface area contributed by atoms with Gasteiger partial charge in [0.05, 0.1) is 5.75 Å². The van der Waals surface area contributed by atoms with E-state index in [0.717, 1.165) is 11.1 Å². The molecule has 0 radical (unpaired) electrons. The van der Waals surface area contributed by atoms with Crippen molar-refractivity contribution in [2.24, 2.45) is 0 Å². The zero-order valence-electron chi connectivity index (χ0n) is 17.7. The normalized spacial score (nSPS) is 12.3. The summed E-state index contributed by atoms with van der Waals surface area (Å²) in [4.78, 5) is 27.3. The van der Waals surface area contributed by atoms with Crippen molar-refractivity contribution in [2.45, 2.75) is 51.6 Å². The van der Waals surface area contributed by atoms with E-state index in [2.05, 4.69) is 5.32 Å². The van der Waals surface area contributed by atoms with Gasteiger partial charge in [-0.3, -0.25) is 9.59 Å². The Morgan fingerprint density at radius 3 is 2.40 bits per heavy atom. The molecule has 2 rings (SSSR count). The van der Waals surface area contributed by atoms with Crippen LogP contribution in [-0.2, 0) is 21.9 Å². The number of hydrogen-bond donors (Lipinski definition) is 1. The summed E-state index contributed by atoms with van der Waals surface area (Å²) in [5, 5.41) is 3.52. The summed E-state index contributed by atoms with van der Waals surface area (Å²) < 4.78 is 13.0. The molecule has 7 heteroatoms. The zero-order chi connectivity index (χ0) is 22.3. The van der Waals surface area contributed by atoms with Gasteiger partial charge in [0, 0.05) is 22.9 Å². The topological polar surface area (TPSA) is 49.4 Å². The molecule has 2 amide bonds. The van der Waals surface area contributed by atoms with Crippen LogP contribution in [0, 0.1) is 5.82 Å². The number of thioether (sulfide) groups is 1. The summed E-state index contributed by atoms with van der Waals surface area (Å²) in [6, 6.07) is 12.8. The van der Waals surface area contributed by atoms with Gasteiger partial charge >= 0.3 is 0 Å². The van der Waals surface area contributed by atoms with Crippen molar-refractivity contribution in [3.63, 3.8) is 0 Å². The second kappa shape index (κ2) is 10.8. The highest BCUT2D eigenvalue weighted by molar-refractivity contribution is 7.99. The predicted octanol–water partition coefficient (Wildman–Crippen LogP) is 5.04. The van der Waals surface area contributed by atoms with E-state index in [1.165, 1.54) is 23.9 Å². The van der Waals surface area contributed by atoms with Gasteiger partial charge in [0.25, 0.3) is 0 Å². The Hall–Kier alpha value is -2.05. The van der Waals surface area contributed by atoms with Crippen molar-refractivity contribution in [3.8, 4) is 0 Å². The quantitative estimate of drug-likeness (QED) is 0.612. The first-order valence-electron chi connectivity index (χ1n) is 9.73. The van der Waals surface area contributed by atoms with Crippen molar-refractivity contribution in [2.75, 3.05) is 5.75 Å². The number of rotatable bonds is 8. The molecule has 2 aromatic carbocycles. The highest BCUT2D eigenvalue weighted by atomic mass is 35.5. The van der Waals surface area contributed by atoms with Gasteiger partial charge in [-0.05, 0) is 63.1 Å². The third kappa shape index (κ3) is 8.00. The van der Waals surface area contributed by atoms with Gasteiger partial charge in [0.2, 0.25) is 11.8 Å². The van der Waals surface area contributed by atoms with Gasteiger partial charge in [-0.15, -0.1) is 11.8 Å². The molecule has 4 nitrogen and oxygen atoms in total. The molecule has 162 valence electrons. The van der Waals surface area contributed by atoms with Crippen LogP contribution >= 0.6 is 23.4 Å². The zero-order valence-corrected chi connectivity index (χ0v) is 19.3. The standard InChI is InChI=1S/C23H28ClFN2O2S/c1-16(22(29)26-23(2,3)4)27(13-18-6-5-7-19(24)12-18)21(28)15-30-14-17-8-10-20(25)11-9-17/h5-12,16H,13-15H2,1-4H3,(H,26,29)/t16-/m0/s1. The van der Waals surface area contributed by atoms with Gasteiger partial charge in [-0.1, -0.05) is 35.9 Å². The minimum Gasteiger partial charge on any atom is -0.350 e. The Bertz CT molecular complexity index is 868. The van der Waals surface area contributed by atoms with Crippen molar-refractivity contribution in [1.82, 2.24) is 10.2 Å². The van der Waals surface area contributed by atoms with Gasteiger partial charge in [-0.25, -0.2) is 4.39 Å². The summed E-state index contributed by atoms with van der Waals surface area (Å²) in [6.45, 7) is 7.72. The molecule has 0 unspecified atom stereocenters. The lowest BCUT2D eigenvalue weighted by Crippen LogP contribution is -2.52. The van der Waals surface area contributed by atoms with Crippen LogP contribution < -0.4 is 5.32 Å². The summed E-state index contributed by atoms with van der Waals surface area (Å²) >= 11 is 7.52. The van der Waals surface area contributed by atoms with Gasteiger partial charge in [0.15, 0.2) is 0 Å². The number of carbonyl (C=O) groups is 2. The number of amides is 2. The minimum atomic E-state index is -0.637. The van der Waals surface area contributed by atoms with E-state index in [9.17, 15) is 14.0 Å². The molecule has 0 spiro atoms. The van der Waals surface area contributed by atoms with Gasteiger partial charge in [0.1, 0.15) is 11.9 Å². The first kappa shape index (κ1) is 24.2. The third-order valence-corrected chi connectivity index (χ3v) is 5.54. The Balaban J connectivity index is 2.09. The van der Waals surface area contributed by atoms with E-state index in [1.807, 2.05) is 32.9 Å². The monoisotopic (exact) mass is 450 g/mol. The molecule has 0 saturated heterocycles. The molecule has 0 saturated carbocycles. The van der Waals surface area contributed by atoms with Crippen molar-refractivity contribution in [1.29, 1.82) is 0 Å². The summed E-state index contributed by atoms with van der Waals surface area (Å²) in [6.07, 6.45) is 0. The lowest BCUT2D eigenvalue weighted by molar-refractivity contribution is -0.139. The lowest BCUT2D eigenvalue weighted by Gasteiger charge is -2.31. The maximum Gasteiger partial charge on any atom is 0.242 e. The van der Waals surface area contributed by atoms with Crippen molar-refractivity contribution < 1.29 is 14.0 Å². The Morgan fingerprint density at radius 1 is 1.13 bits per heavy atom. The summed E-state index contributed by atoms with van der Waals surface area (Å²) in [5.41, 5.74) is 1.40. The first-order valence-corrected chi connectivity index (χ1v) is 11.3. The molecule has 2 aromatic rings. The summed E-state index contributed by atoms with van der Waals surface area (Å²) in [5.74, 6) is 0.163. The van der Waals surface area contributed by atoms with Gasteiger partial charge in [-0.2, -0.15) is 0 Å². The number of carbonyl (C=O) groups excluding carboxylic acids is 2. The highest BCUT2D eigenvalue weighted by Gasteiger charge is 2.28. The average Bonchev–Trinajstić information content (AvgIpc) is 2.65. The van der Waals surface area contributed by atoms with E-state index >= 15 is 0 Å². The van der Waals surface area contributed by atoms with E-state index in [4.69, 9.17) is 11.6 Å². The van der Waals surface area contributed by atoms with E-state index in [0.29, 0.717) is 10.8 Å². The molecular weight excluding hydrogens is 423 g/mol. The summed E-state index contributed by atoms with van der Waals surface area (Å²) in [7, 11) is 0. The van der Waals surface area contributed by atoms with E-state index in [-0.39, 0.29) is 29.9 Å². The van der Waals surface area contributed by atoms with Crippen LogP contribution in [0.5, 0.6) is 0 Å². The van der Waals surface area contributed by atoms with Gasteiger partial charge < -0.3 is 10.2 Å². The largest absolute Gasteiger partial charge is 0.350 e. The molecule has 0 aliphatic rings. The van der Waals surface area contributed by atoms with Crippen LogP contribution in [0.15, 0.2) is 48.5 Å². The molecule has 0 heterocycles. The highest BCUT2D eigenvalue weighted by Crippen LogP contribution is 2.18. The molecule has 30 heavy (non-hydrogen) atoms. The number of halogens is 2. The maximum atomic E-state index is 13.0. The molecule has 0 bridgehead atoms. The lowest BCUT2D eigenvalue weighted by atomic mass is 10.1. The third-order valence-electron chi connectivity index (χ3n) is 4.31. The van der Waals surface area contributed by atoms with Crippen molar-refractivity contribution >= 4 is 35.2 Å². The molecule has 1 N–H and O–H groups in total. The number of nitrogens with one attached hydrogen (secondary N) is 1. The van der Waals surface area contributed by atoms with Crippen LogP contribution in [-0.4, -0.2) is 34.0 Å². The number of hydrogen-bond acceptors (Lipinski definition) is 3. The average molecular weight is 451 g/mol. The first-order chi connectivity index (χ1) is 14.0. The fourth-order valence-electron chi connectivity index (χ4n) is 2.81. The fourth-order valence-corrected chi connectivity index (χ4v) is 3.89. The Morgan fingerprint density at radius 2 is 1.80 bits per heavy atom. The molecule has 0 fully saturated rings. The van der Waals surface area contributed by atoms with E-state index in [1.54, 1.807) is 36.1 Å². The van der Waals surface area contributed by atoms with Crippen LogP contribution in [0.25, 0.3) is 0 Å². The van der Waals surface area contributed by atoms with E-state index < -0.39 is 11.6 Å². The SMILES string of the molecule is C[C@@H](C(=O)NC(C)(C)C)N(Cc1cccc(Cl)c1)C(=O)CSCc1ccc(F)cc1. The second-order valence-electron chi connectivity index (χ2n) is 8.19. The van der Waals surface area contributed by atoms with Crippen molar-refractivity contribution in [3.05, 3.63) is 70.5 Å². The van der Waals surface area contributed by atoms with Crippen LogP contribution in [0.1, 0.15) is 38.8 Å².